The SMILES string of the molecule is CNC(=O)C1CCC(c2cc(OC(C)C)c(Nc3nc(Nc4ccccc4S(=O)(=O)C(C)C)c4cc[nH]c4n3)cc2C)CN1.COCCN1CCCC(c2cc(OC(C)C)c(Nc3nc(Nc4ccccc4S(=O)(=O)C(C)C)c4cc[nH]c4n3)cc2C)C1.Cc1cc(Nc2nc(Nc3ccccc3S(=O)(=O)C(C)C)c3cn[nH]c3n2)c(OC(C)C)cc1C1CCNCC1. The molecule has 0 bridgehead atoms. The lowest BCUT2D eigenvalue weighted by Gasteiger charge is -2.34. The number of benzene rings is 6. The Labute approximate surface area is 750 Å². The number of carbonyl (C=O) groups is 1. The average molecular weight is 1800 g/mol. The van der Waals surface area contributed by atoms with Gasteiger partial charge in [-0.3, -0.25) is 9.89 Å². The van der Waals surface area contributed by atoms with E-state index >= 15 is 0 Å². The number of hydrogen-bond acceptors (Lipinski definition) is 27. The van der Waals surface area contributed by atoms with Crippen molar-refractivity contribution in [2.75, 3.05) is 91.9 Å². The number of anilines is 12. The topological polar surface area (TPSA) is 406 Å². The van der Waals surface area contributed by atoms with Crippen molar-refractivity contribution in [1.82, 2.24) is 70.9 Å². The zero-order chi connectivity index (χ0) is 91.5. The maximum atomic E-state index is 13.1. The van der Waals surface area contributed by atoms with Crippen molar-refractivity contribution in [3.8, 4) is 17.2 Å². The lowest BCUT2D eigenvalue weighted by atomic mass is 9.86. The summed E-state index contributed by atoms with van der Waals surface area (Å²) in [6.07, 6.45) is 11.2. The van der Waals surface area contributed by atoms with Crippen LogP contribution in [-0.4, -0.2) is 186 Å². The van der Waals surface area contributed by atoms with Crippen molar-refractivity contribution < 1.29 is 49.0 Å². The van der Waals surface area contributed by atoms with Crippen LogP contribution in [0.5, 0.6) is 17.2 Å². The third-order valence-electron chi connectivity index (χ3n) is 23.0. The zero-order valence-electron chi connectivity index (χ0n) is 76.0. The molecule has 6 aromatic carbocycles. The molecule has 3 fully saturated rings. The third-order valence-corrected chi connectivity index (χ3v) is 29.7. The van der Waals surface area contributed by atoms with Crippen LogP contribution in [0, 0.1) is 20.8 Å². The van der Waals surface area contributed by atoms with Gasteiger partial charge in [0, 0.05) is 46.2 Å². The van der Waals surface area contributed by atoms with Crippen molar-refractivity contribution in [1.29, 1.82) is 0 Å². The number of piperidine rings is 3. The van der Waals surface area contributed by atoms with Gasteiger partial charge in [-0.2, -0.15) is 35.0 Å². The first-order valence-electron chi connectivity index (χ1n) is 44.0. The summed E-state index contributed by atoms with van der Waals surface area (Å²) in [5.74, 6) is 5.70. The molecule has 0 saturated carbocycles. The van der Waals surface area contributed by atoms with Crippen LogP contribution in [0.15, 0.2) is 155 Å². The number of likely N-dealkylation sites (tertiary alicyclic amines) is 1. The summed E-state index contributed by atoms with van der Waals surface area (Å²) in [5.41, 5.74) is 12.5. The number of para-hydroxylation sites is 3. The number of likely N-dealkylation sites (N-methyl/N-ethyl adjacent to an activating group) is 1. The molecule has 3 aliphatic heterocycles. The molecule has 0 aliphatic carbocycles. The van der Waals surface area contributed by atoms with Gasteiger partial charge in [-0.1, -0.05) is 36.4 Å². The monoisotopic (exact) mass is 1800 g/mol. The number of amides is 1. The van der Waals surface area contributed by atoms with Gasteiger partial charge >= 0.3 is 0 Å². The molecule has 9 heterocycles. The summed E-state index contributed by atoms with van der Waals surface area (Å²) in [6.45, 7) is 34.8. The molecule has 31 nitrogen and oxygen atoms in total. The molecule has 0 spiro atoms. The minimum Gasteiger partial charge on any atom is -0.489 e. The predicted octanol–water partition coefficient (Wildman–Crippen LogP) is 17.4. The standard InChI is InChI=1S/C33H44N6O4S.C32H41N7O4S.C29H37N7O3S/c1-21(2)43-29-19-26(24-10-9-15-39(20-24)16-17-42-6)23(5)18-28(29)36-33-37-31-25(13-14-34-31)32(38-33)35-27-11-7-8-12-30(27)44(40,41)22(3)4;1-18(2)43-27-16-23(21-11-12-25(35-17-21)31(40)33-6)20(5)15-26(27)37-32-38-29-22(13-14-34-29)30(39-32)36-24-9-7-8-10-28(24)44(41,42)19(3)4;1-17(2)39-25-15-21(20-10-12-30-13-11-20)19(5)14-24(25)33-29-34-27(22-16-31-36-28(22)35-29)32-23-8-6-7-9-26(23)40(37,38)18(3)4/h7-8,11-14,18-19,21-22,24H,9-10,15-17,20H2,1-6H3,(H3,34,35,36,37,38);7-10,13-16,18-19,21,25,35H,11-12,17H2,1-6H3,(H,33,40)(H3,34,36,37,38,39);6-9,14-18,20,30H,10-13H2,1-5H3,(H3,31,32,33,34,35,36). The maximum Gasteiger partial charge on any atom is 0.236 e. The zero-order valence-corrected chi connectivity index (χ0v) is 78.5. The van der Waals surface area contributed by atoms with Crippen molar-refractivity contribution >= 4 is 138 Å². The largest absolute Gasteiger partial charge is 0.489 e. The maximum absolute atomic E-state index is 13.1. The molecule has 6 aromatic heterocycles. The minimum atomic E-state index is -3.54. The highest BCUT2D eigenvalue weighted by Crippen LogP contribution is 2.44. The number of aromatic amines is 3. The highest BCUT2D eigenvalue weighted by molar-refractivity contribution is 7.92. The van der Waals surface area contributed by atoms with E-state index < -0.39 is 45.3 Å². The van der Waals surface area contributed by atoms with Gasteiger partial charge < -0.3 is 81.7 Å². The fourth-order valence-electron chi connectivity index (χ4n) is 16.3. The molecule has 12 aromatic rings. The van der Waals surface area contributed by atoms with Crippen molar-refractivity contribution in [2.45, 2.75) is 215 Å². The molecule has 15 rings (SSSR count). The van der Waals surface area contributed by atoms with Crippen LogP contribution in [0.1, 0.15) is 173 Å². The van der Waals surface area contributed by atoms with Crippen LogP contribution in [-0.2, 0) is 39.0 Å². The number of ether oxygens (including phenoxy) is 4. The number of H-pyrrole nitrogens is 3. The number of methoxy groups -OCH3 is 1. The van der Waals surface area contributed by atoms with Crippen molar-refractivity contribution in [2.24, 2.45) is 0 Å². The highest BCUT2D eigenvalue weighted by Gasteiger charge is 2.33. The summed E-state index contributed by atoms with van der Waals surface area (Å²) in [5, 5.41) is 36.9. The molecule has 0 radical (unpaired) electrons. The van der Waals surface area contributed by atoms with Crippen LogP contribution < -0.4 is 62.1 Å². The average Bonchev–Trinajstić information content (AvgIpc) is 1.61. The first kappa shape index (κ1) is 94.1. The Hall–Kier alpha value is -11.5. The van der Waals surface area contributed by atoms with Crippen molar-refractivity contribution in [3.05, 3.63) is 173 Å². The van der Waals surface area contributed by atoms with Crippen LogP contribution in [0.4, 0.5) is 69.4 Å². The number of hydrogen-bond donors (Lipinski definition) is 12. The first-order chi connectivity index (χ1) is 61.2. The second-order valence-corrected chi connectivity index (χ2v) is 41.9. The van der Waals surface area contributed by atoms with Gasteiger partial charge in [0.1, 0.15) is 46.0 Å². The van der Waals surface area contributed by atoms with Gasteiger partial charge in [-0.15, -0.1) is 0 Å². The van der Waals surface area contributed by atoms with Gasteiger partial charge in [0.15, 0.2) is 35.2 Å². The molecule has 128 heavy (non-hydrogen) atoms. The molecular weight excluding hydrogens is 1680 g/mol. The van der Waals surface area contributed by atoms with E-state index in [4.69, 9.17) is 38.9 Å². The van der Waals surface area contributed by atoms with E-state index in [0.29, 0.717) is 105 Å². The fourth-order valence-corrected chi connectivity index (χ4v) is 19.9. The van der Waals surface area contributed by atoms with Crippen LogP contribution in [0.25, 0.3) is 33.1 Å². The number of nitrogens with one attached hydrogen (secondary N) is 12. The molecule has 3 saturated heterocycles. The Morgan fingerprint density at radius 2 is 0.875 bits per heavy atom. The smallest absolute Gasteiger partial charge is 0.236 e. The lowest BCUT2D eigenvalue weighted by molar-refractivity contribution is -0.123. The van der Waals surface area contributed by atoms with Gasteiger partial charge in [-0.05, 0) is 298 Å². The van der Waals surface area contributed by atoms with Crippen LogP contribution >= 0.6 is 0 Å². The van der Waals surface area contributed by atoms with E-state index in [1.165, 1.54) is 27.8 Å². The van der Waals surface area contributed by atoms with E-state index in [-0.39, 0.29) is 50.9 Å². The van der Waals surface area contributed by atoms with Gasteiger partial charge in [0.05, 0.1) is 118 Å². The molecule has 3 aliphatic rings. The first-order valence-corrected chi connectivity index (χ1v) is 48.6. The van der Waals surface area contributed by atoms with E-state index in [1.54, 1.807) is 147 Å². The second kappa shape index (κ2) is 41.3. The van der Waals surface area contributed by atoms with Gasteiger partial charge in [-0.25, -0.2) is 25.3 Å². The Morgan fingerprint density at radius 3 is 1.27 bits per heavy atom. The Bertz CT molecular complexity index is 6260. The molecule has 34 heteroatoms. The summed E-state index contributed by atoms with van der Waals surface area (Å²) in [6, 6.07) is 36.8. The number of nitrogens with zero attached hydrogens (tertiary/aromatic N) is 8. The van der Waals surface area contributed by atoms with Gasteiger partial charge in [0.2, 0.25) is 23.8 Å². The Kier molecular flexibility index (Phi) is 30.3. The summed E-state index contributed by atoms with van der Waals surface area (Å²) < 4.78 is 103. The quantitative estimate of drug-likeness (QED) is 0.0192. The molecule has 1 amide bonds. The molecule has 3 atom stereocenters. The number of sulfone groups is 3. The van der Waals surface area contributed by atoms with Crippen LogP contribution in [0.3, 0.4) is 0 Å². The minimum absolute atomic E-state index is 0.0153. The Balaban J connectivity index is 0.000000164. The third kappa shape index (κ3) is 22.2. The van der Waals surface area contributed by atoms with Crippen LogP contribution in [0.2, 0.25) is 0 Å². The van der Waals surface area contributed by atoms with E-state index in [9.17, 15) is 30.0 Å². The van der Waals surface area contributed by atoms with Crippen molar-refractivity contribution in [3.63, 3.8) is 0 Å². The molecule has 12 N–H and O–H groups in total. The summed E-state index contributed by atoms with van der Waals surface area (Å²) in [4.78, 5) is 49.9. The molecule has 3 unspecified atom stereocenters. The fraction of sp³-hybridized carbons (Fsp3) is 0.426. The number of carbonyl (C=O) groups excluding carboxylic acids is 1. The number of aromatic nitrogens is 10. The molecular formula is C94H122N20O11S3. The summed E-state index contributed by atoms with van der Waals surface area (Å²) >= 11 is 0. The Morgan fingerprint density at radius 1 is 0.469 bits per heavy atom. The van der Waals surface area contributed by atoms with E-state index in [2.05, 4.69) is 134 Å². The molecule has 682 valence electrons. The number of rotatable bonds is 31. The lowest BCUT2D eigenvalue weighted by Crippen LogP contribution is -2.47. The normalized spacial score (nSPS) is 16.0. The van der Waals surface area contributed by atoms with Gasteiger partial charge in [0.25, 0.3) is 0 Å². The second-order valence-electron chi connectivity index (χ2n) is 34.4. The number of fused-ring (bicyclic) bond motifs is 3. The highest BCUT2D eigenvalue weighted by atomic mass is 32.2. The van der Waals surface area contributed by atoms with E-state index in [1.807, 2.05) is 59.7 Å². The predicted molar refractivity (Wildman–Crippen MR) is 509 cm³/mol. The summed E-state index contributed by atoms with van der Waals surface area (Å²) in [7, 11) is -7.18. The number of aryl methyl sites for hydroxylation is 3. The van der Waals surface area contributed by atoms with E-state index in [0.717, 1.165) is 117 Å².